The second-order valence-corrected chi connectivity index (χ2v) is 5.44. The predicted octanol–water partition coefficient (Wildman–Crippen LogP) is 0.877. The van der Waals surface area contributed by atoms with Crippen LogP contribution in [0.3, 0.4) is 0 Å². The quantitative estimate of drug-likeness (QED) is 0.437. The minimum atomic E-state index is -4.42. The number of carbonyl (C=O) groups is 1. The maximum atomic E-state index is 13.5. The highest BCUT2D eigenvalue weighted by molar-refractivity contribution is 7.89. The van der Waals surface area contributed by atoms with Gasteiger partial charge in [-0.05, 0) is 12.5 Å². The molecule has 0 saturated carbocycles. The van der Waals surface area contributed by atoms with Crippen molar-refractivity contribution < 1.29 is 27.6 Å². The Hall–Kier alpha value is -2.07. The number of nitro benzene ring substituents is 1. The van der Waals surface area contributed by atoms with Crippen molar-refractivity contribution in [2.45, 2.75) is 17.7 Å². The van der Waals surface area contributed by atoms with Gasteiger partial charge in [0.05, 0.1) is 4.92 Å². The third-order valence-electron chi connectivity index (χ3n) is 2.27. The monoisotopic (exact) mass is 306 g/mol. The SMILES string of the molecule is O=C(O)CCCNS(=O)(=O)c1c(F)cccc1[N+](=O)[O-]. The summed E-state index contributed by atoms with van der Waals surface area (Å²) < 4.78 is 39.1. The molecular weight excluding hydrogens is 295 g/mol. The summed E-state index contributed by atoms with van der Waals surface area (Å²) >= 11 is 0. The Balaban J connectivity index is 2.98. The normalized spacial score (nSPS) is 11.2. The Kier molecular flexibility index (Phi) is 5.11. The van der Waals surface area contributed by atoms with E-state index in [-0.39, 0.29) is 19.4 Å². The zero-order valence-corrected chi connectivity index (χ0v) is 10.9. The van der Waals surface area contributed by atoms with Gasteiger partial charge in [0.25, 0.3) is 5.69 Å². The molecule has 1 aromatic carbocycles. The highest BCUT2D eigenvalue weighted by atomic mass is 32.2. The molecule has 0 saturated heterocycles. The van der Waals surface area contributed by atoms with Crippen LogP contribution in [0.1, 0.15) is 12.8 Å². The van der Waals surface area contributed by atoms with Crippen LogP contribution in [0.2, 0.25) is 0 Å². The van der Waals surface area contributed by atoms with Gasteiger partial charge in [-0.25, -0.2) is 17.5 Å². The van der Waals surface area contributed by atoms with E-state index < -0.39 is 37.3 Å². The first-order valence-corrected chi connectivity index (χ1v) is 6.88. The van der Waals surface area contributed by atoms with Crippen molar-refractivity contribution in [3.05, 3.63) is 34.1 Å². The van der Waals surface area contributed by atoms with Gasteiger partial charge in [0.2, 0.25) is 10.0 Å². The molecule has 0 spiro atoms. The smallest absolute Gasteiger partial charge is 0.303 e. The Morgan fingerprint density at radius 1 is 1.45 bits per heavy atom. The molecule has 8 nitrogen and oxygen atoms in total. The van der Waals surface area contributed by atoms with E-state index in [9.17, 15) is 27.7 Å². The Morgan fingerprint density at radius 2 is 2.10 bits per heavy atom. The molecule has 0 amide bonds. The van der Waals surface area contributed by atoms with Gasteiger partial charge in [-0.15, -0.1) is 0 Å². The molecule has 0 fully saturated rings. The maximum absolute atomic E-state index is 13.5. The second-order valence-electron chi connectivity index (χ2n) is 3.74. The molecular formula is C10H11FN2O6S. The molecule has 110 valence electrons. The molecule has 1 aromatic rings. The lowest BCUT2D eigenvalue weighted by molar-refractivity contribution is -0.388. The lowest BCUT2D eigenvalue weighted by Gasteiger charge is -2.07. The summed E-state index contributed by atoms with van der Waals surface area (Å²) in [5, 5.41) is 19.1. The van der Waals surface area contributed by atoms with Crippen LogP contribution in [0.4, 0.5) is 10.1 Å². The van der Waals surface area contributed by atoms with E-state index in [1.165, 1.54) is 0 Å². The fraction of sp³-hybridized carbons (Fsp3) is 0.300. The molecule has 2 N–H and O–H groups in total. The molecule has 0 bridgehead atoms. The highest BCUT2D eigenvalue weighted by Gasteiger charge is 2.29. The summed E-state index contributed by atoms with van der Waals surface area (Å²) in [6.07, 6.45) is -0.293. The van der Waals surface area contributed by atoms with E-state index in [1.807, 2.05) is 4.72 Å². The van der Waals surface area contributed by atoms with Crippen LogP contribution >= 0.6 is 0 Å². The zero-order chi connectivity index (χ0) is 15.3. The number of carboxylic acid groups (broad SMARTS) is 1. The van der Waals surface area contributed by atoms with Gasteiger partial charge in [-0.1, -0.05) is 6.07 Å². The summed E-state index contributed by atoms with van der Waals surface area (Å²) in [7, 11) is -4.42. The molecule has 10 heteroatoms. The van der Waals surface area contributed by atoms with Crippen LogP contribution in [-0.4, -0.2) is 31.0 Å². The number of benzene rings is 1. The average molecular weight is 306 g/mol. The van der Waals surface area contributed by atoms with E-state index in [2.05, 4.69) is 0 Å². The van der Waals surface area contributed by atoms with E-state index in [0.29, 0.717) is 0 Å². The van der Waals surface area contributed by atoms with Crippen LogP contribution in [0.25, 0.3) is 0 Å². The van der Waals surface area contributed by atoms with Gasteiger partial charge in [0, 0.05) is 19.0 Å². The first kappa shape index (κ1) is 16.0. The highest BCUT2D eigenvalue weighted by Crippen LogP contribution is 2.25. The van der Waals surface area contributed by atoms with E-state index in [0.717, 1.165) is 18.2 Å². The fourth-order valence-electron chi connectivity index (χ4n) is 1.43. The summed E-state index contributed by atoms with van der Waals surface area (Å²) in [6.45, 7) is -0.264. The zero-order valence-electron chi connectivity index (χ0n) is 10.1. The van der Waals surface area contributed by atoms with Crippen LogP contribution in [0, 0.1) is 15.9 Å². The Morgan fingerprint density at radius 3 is 2.65 bits per heavy atom. The van der Waals surface area contributed by atoms with Crippen molar-refractivity contribution in [1.29, 1.82) is 0 Å². The number of rotatable bonds is 7. The van der Waals surface area contributed by atoms with Crippen molar-refractivity contribution in [2.24, 2.45) is 0 Å². The number of nitrogens with zero attached hydrogens (tertiary/aromatic N) is 1. The summed E-state index contributed by atoms with van der Waals surface area (Å²) in [5.41, 5.74) is -0.879. The number of halogens is 1. The molecule has 0 aliphatic rings. The molecule has 0 heterocycles. The molecule has 0 aliphatic carbocycles. The largest absolute Gasteiger partial charge is 0.481 e. The topological polar surface area (TPSA) is 127 Å². The van der Waals surface area contributed by atoms with Crippen molar-refractivity contribution in [1.82, 2.24) is 4.72 Å². The third kappa shape index (κ3) is 3.96. The van der Waals surface area contributed by atoms with Crippen LogP contribution in [0.5, 0.6) is 0 Å². The molecule has 0 atom stereocenters. The number of nitro groups is 1. The van der Waals surface area contributed by atoms with Gasteiger partial charge in [-0.2, -0.15) is 0 Å². The van der Waals surface area contributed by atoms with Crippen molar-refractivity contribution >= 4 is 21.7 Å². The first-order chi connectivity index (χ1) is 9.25. The summed E-state index contributed by atoms with van der Waals surface area (Å²) in [4.78, 5) is 18.9. The van der Waals surface area contributed by atoms with Gasteiger partial charge >= 0.3 is 5.97 Å². The van der Waals surface area contributed by atoms with Crippen molar-refractivity contribution in [3.8, 4) is 0 Å². The molecule has 0 aromatic heterocycles. The fourth-order valence-corrected chi connectivity index (χ4v) is 2.73. The number of hydrogen-bond acceptors (Lipinski definition) is 5. The van der Waals surface area contributed by atoms with E-state index >= 15 is 0 Å². The van der Waals surface area contributed by atoms with E-state index in [4.69, 9.17) is 5.11 Å². The second kappa shape index (κ2) is 6.39. The minimum absolute atomic E-state index is 0.0171. The Labute approximate surface area is 113 Å². The van der Waals surface area contributed by atoms with Crippen LogP contribution in [-0.2, 0) is 14.8 Å². The minimum Gasteiger partial charge on any atom is -0.481 e. The number of sulfonamides is 1. The van der Waals surface area contributed by atoms with Gasteiger partial charge < -0.3 is 5.11 Å². The Bertz CT molecular complexity index is 631. The lowest BCUT2D eigenvalue weighted by atomic mass is 10.3. The standard InChI is InChI=1S/C10H11FN2O6S/c11-7-3-1-4-8(13(16)17)10(7)20(18,19)12-6-2-5-9(14)15/h1,3-4,12H,2,5-6H2,(H,14,15). The molecule has 0 unspecified atom stereocenters. The van der Waals surface area contributed by atoms with Crippen LogP contribution < -0.4 is 4.72 Å². The van der Waals surface area contributed by atoms with E-state index in [1.54, 1.807) is 0 Å². The van der Waals surface area contributed by atoms with Crippen LogP contribution in [0.15, 0.2) is 23.1 Å². The average Bonchev–Trinajstić information content (AvgIpc) is 2.33. The van der Waals surface area contributed by atoms with Gasteiger partial charge in [0.15, 0.2) is 4.90 Å². The van der Waals surface area contributed by atoms with Crippen molar-refractivity contribution in [2.75, 3.05) is 6.54 Å². The van der Waals surface area contributed by atoms with Crippen molar-refractivity contribution in [3.63, 3.8) is 0 Å². The molecule has 0 radical (unpaired) electrons. The summed E-state index contributed by atoms with van der Waals surface area (Å²) in [6, 6.07) is 2.69. The van der Waals surface area contributed by atoms with Gasteiger partial charge in [-0.3, -0.25) is 14.9 Å². The maximum Gasteiger partial charge on any atom is 0.303 e. The number of hydrogen-bond donors (Lipinski definition) is 2. The number of carboxylic acids is 1. The third-order valence-corrected chi connectivity index (χ3v) is 3.80. The number of nitrogens with one attached hydrogen (secondary N) is 1. The molecule has 20 heavy (non-hydrogen) atoms. The molecule has 1 rings (SSSR count). The molecule has 0 aliphatic heterocycles. The summed E-state index contributed by atoms with van der Waals surface area (Å²) in [5.74, 6) is -2.36. The number of aliphatic carboxylic acids is 1. The lowest BCUT2D eigenvalue weighted by Crippen LogP contribution is -2.26. The van der Waals surface area contributed by atoms with Gasteiger partial charge in [0.1, 0.15) is 5.82 Å². The predicted molar refractivity (Wildman–Crippen MR) is 65.1 cm³/mol. The first-order valence-electron chi connectivity index (χ1n) is 5.40.